The zero-order valence-electron chi connectivity index (χ0n) is 14.0. The fraction of sp³-hybridized carbons (Fsp3) is 0.421. The summed E-state index contributed by atoms with van der Waals surface area (Å²) in [5.41, 5.74) is 0.289. The third-order valence-electron chi connectivity index (χ3n) is 4.37. The first-order valence-electron chi connectivity index (χ1n) is 8.17. The molecule has 0 saturated carbocycles. The van der Waals surface area contributed by atoms with E-state index in [9.17, 15) is 9.18 Å². The zero-order valence-corrected chi connectivity index (χ0v) is 14.8. The number of amides is 1. The van der Waals surface area contributed by atoms with Crippen LogP contribution in [-0.4, -0.2) is 29.1 Å². The molecule has 5 heteroatoms. The topological polar surface area (TPSA) is 29.5 Å². The highest BCUT2D eigenvalue weighted by Gasteiger charge is 2.34. The van der Waals surface area contributed by atoms with Crippen molar-refractivity contribution in [3.8, 4) is 0 Å². The van der Waals surface area contributed by atoms with Crippen molar-refractivity contribution in [1.82, 2.24) is 4.90 Å². The minimum absolute atomic E-state index is 0.0499. The number of hydrogen-bond donors (Lipinski definition) is 0. The Morgan fingerprint density at radius 3 is 2.71 bits per heavy atom. The van der Waals surface area contributed by atoms with E-state index < -0.39 is 0 Å². The quantitative estimate of drug-likeness (QED) is 0.816. The van der Waals surface area contributed by atoms with Crippen LogP contribution in [-0.2, 0) is 11.3 Å². The van der Waals surface area contributed by atoms with E-state index in [0.717, 1.165) is 17.7 Å². The summed E-state index contributed by atoms with van der Waals surface area (Å²) in [4.78, 5) is 16.1. The number of benzene rings is 1. The standard InChI is InChI=1S/C19H22FNO2S/c1-19(2)12-16(9-10-23-19)21(13-17-4-3-11-24-17)18(22)14-5-7-15(20)8-6-14/h3-8,11,16H,9-10,12-13H2,1-2H3/t16-/m0/s1. The Bertz CT molecular complexity index is 682. The lowest BCUT2D eigenvalue weighted by molar-refractivity contribution is -0.0791. The molecule has 2 aromatic rings. The molecule has 0 unspecified atom stereocenters. The second-order valence-electron chi connectivity index (χ2n) is 6.77. The highest BCUT2D eigenvalue weighted by molar-refractivity contribution is 7.09. The molecule has 1 aliphatic rings. The summed E-state index contributed by atoms with van der Waals surface area (Å²) in [6.45, 7) is 5.35. The third-order valence-corrected chi connectivity index (χ3v) is 5.23. The SMILES string of the molecule is CC1(C)C[C@@H](N(Cc2cccs2)C(=O)c2ccc(F)cc2)CCO1. The van der Waals surface area contributed by atoms with Gasteiger partial charge in [-0.2, -0.15) is 0 Å². The van der Waals surface area contributed by atoms with E-state index in [1.165, 1.54) is 12.1 Å². The number of ether oxygens (including phenoxy) is 1. The Morgan fingerprint density at radius 1 is 1.33 bits per heavy atom. The molecule has 0 bridgehead atoms. The van der Waals surface area contributed by atoms with Gasteiger partial charge in [0.25, 0.3) is 5.91 Å². The van der Waals surface area contributed by atoms with Crippen LogP contribution in [0.2, 0.25) is 0 Å². The summed E-state index contributed by atoms with van der Waals surface area (Å²) >= 11 is 1.65. The molecule has 1 aromatic carbocycles. The van der Waals surface area contributed by atoms with E-state index in [1.807, 2.05) is 22.4 Å². The van der Waals surface area contributed by atoms with Crippen molar-refractivity contribution >= 4 is 17.2 Å². The van der Waals surface area contributed by atoms with Gasteiger partial charge in [-0.05, 0) is 62.4 Å². The number of carbonyl (C=O) groups is 1. The summed E-state index contributed by atoms with van der Waals surface area (Å²) in [7, 11) is 0. The summed E-state index contributed by atoms with van der Waals surface area (Å²) in [6, 6.07) is 9.95. The van der Waals surface area contributed by atoms with Gasteiger partial charge in [0.05, 0.1) is 12.1 Å². The highest BCUT2D eigenvalue weighted by Crippen LogP contribution is 2.30. The van der Waals surface area contributed by atoms with Crippen LogP contribution in [0.1, 0.15) is 41.9 Å². The summed E-state index contributed by atoms with van der Waals surface area (Å²) in [5, 5.41) is 2.02. The van der Waals surface area contributed by atoms with Gasteiger partial charge < -0.3 is 9.64 Å². The van der Waals surface area contributed by atoms with Gasteiger partial charge in [0.15, 0.2) is 0 Å². The van der Waals surface area contributed by atoms with Crippen LogP contribution in [0.3, 0.4) is 0 Å². The maximum atomic E-state index is 13.2. The van der Waals surface area contributed by atoms with Crippen LogP contribution >= 0.6 is 11.3 Å². The number of hydrogen-bond acceptors (Lipinski definition) is 3. The predicted octanol–water partition coefficient (Wildman–Crippen LogP) is 4.49. The molecule has 128 valence electrons. The number of carbonyl (C=O) groups excluding carboxylic acids is 1. The largest absolute Gasteiger partial charge is 0.375 e. The molecule has 0 N–H and O–H groups in total. The normalized spacial score (nSPS) is 19.9. The molecule has 3 rings (SSSR count). The lowest BCUT2D eigenvalue weighted by atomic mass is 9.92. The first-order valence-corrected chi connectivity index (χ1v) is 9.05. The van der Waals surface area contributed by atoms with Crippen molar-refractivity contribution in [3.63, 3.8) is 0 Å². The van der Waals surface area contributed by atoms with E-state index in [1.54, 1.807) is 23.5 Å². The maximum absolute atomic E-state index is 13.2. The molecule has 0 spiro atoms. The fourth-order valence-electron chi connectivity index (χ4n) is 3.16. The minimum Gasteiger partial charge on any atom is -0.375 e. The molecule has 0 radical (unpaired) electrons. The molecule has 24 heavy (non-hydrogen) atoms. The molecule has 1 aliphatic heterocycles. The summed E-state index contributed by atoms with van der Waals surface area (Å²) in [5.74, 6) is -0.380. The van der Waals surface area contributed by atoms with Gasteiger partial charge in [-0.3, -0.25) is 4.79 Å². The molecule has 1 amide bonds. The first-order chi connectivity index (χ1) is 11.4. The van der Waals surface area contributed by atoms with Crippen molar-refractivity contribution in [3.05, 3.63) is 58.0 Å². The van der Waals surface area contributed by atoms with Gasteiger partial charge >= 0.3 is 0 Å². The second-order valence-corrected chi connectivity index (χ2v) is 7.81. The van der Waals surface area contributed by atoms with Gasteiger partial charge in [-0.25, -0.2) is 4.39 Å². The van der Waals surface area contributed by atoms with E-state index in [4.69, 9.17) is 4.74 Å². The Hall–Kier alpha value is -1.72. The molecular formula is C19H22FNO2S. The van der Waals surface area contributed by atoms with Gasteiger partial charge in [0.1, 0.15) is 5.82 Å². The lowest BCUT2D eigenvalue weighted by Gasteiger charge is -2.41. The minimum atomic E-state index is -0.330. The van der Waals surface area contributed by atoms with Crippen molar-refractivity contribution in [1.29, 1.82) is 0 Å². The molecule has 1 saturated heterocycles. The monoisotopic (exact) mass is 347 g/mol. The Balaban J connectivity index is 1.86. The average molecular weight is 347 g/mol. The summed E-state index contributed by atoms with van der Waals surface area (Å²) in [6.07, 6.45) is 1.62. The van der Waals surface area contributed by atoms with Gasteiger partial charge in [0.2, 0.25) is 0 Å². The van der Waals surface area contributed by atoms with Crippen LogP contribution < -0.4 is 0 Å². The van der Waals surface area contributed by atoms with Gasteiger partial charge in [-0.1, -0.05) is 6.07 Å². The maximum Gasteiger partial charge on any atom is 0.254 e. The number of thiophene rings is 1. The van der Waals surface area contributed by atoms with E-state index >= 15 is 0 Å². The van der Waals surface area contributed by atoms with Gasteiger partial charge in [0, 0.05) is 23.1 Å². The van der Waals surface area contributed by atoms with Crippen molar-refractivity contribution in [2.24, 2.45) is 0 Å². The molecule has 2 heterocycles. The lowest BCUT2D eigenvalue weighted by Crippen LogP contribution is -2.48. The molecule has 1 fully saturated rings. The first kappa shape index (κ1) is 17.1. The highest BCUT2D eigenvalue weighted by atomic mass is 32.1. The molecule has 1 atom stereocenters. The predicted molar refractivity (Wildman–Crippen MR) is 93.6 cm³/mol. The van der Waals surface area contributed by atoms with E-state index in [0.29, 0.717) is 18.7 Å². The fourth-order valence-corrected chi connectivity index (χ4v) is 3.86. The van der Waals surface area contributed by atoms with Crippen LogP contribution in [0.15, 0.2) is 41.8 Å². The molecule has 0 aliphatic carbocycles. The molecule has 1 aromatic heterocycles. The number of halogens is 1. The second kappa shape index (κ2) is 7.03. The molecular weight excluding hydrogens is 325 g/mol. The Labute approximate surface area is 146 Å². The average Bonchev–Trinajstić information content (AvgIpc) is 3.05. The van der Waals surface area contributed by atoms with E-state index in [-0.39, 0.29) is 23.4 Å². The number of rotatable bonds is 4. The van der Waals surface area contributed by atoms with Crippen LogP contribution in [0.25, 0.3) is 0 Å². The van der Waals surface area contributed by atoms with Crippen molar-refractivity contribution < 1.29 is 13.9 Å². The smallest absolute Gasteiger partial charge is 0.254 e. The van der Waals surface area contributed by atoms with Gasteiger partial charge in [-0.15, -0.1) is 11.3 Å². The van der Waals surface area contributed by atoms with Crippen molar-refractivity contribution in [2.45, 2.75) is 44.9 Å². The number of nitrogens with zero attached hydrogens (tertiary/aromatic N) is 1. The van der Waals surface area contributed by atoms with Crippen LogP contribution in [0.5, 0.6) is 0 Å². The third kappa shape index (κ3) is 4.02. The Kier molecular flexibility index (Phi) is 5.01. The molecule has 3 nitrogen and oxygen atoms in total. The van der Waals surface area contributed by atoms with E-state index in [2.05, 4.69) is 13.8 Å². The van der Waals surface area contributed by atoms with Crippen molar-refractivity contribution in [2.75, 3.05) is 6.61 Å². The zero-order chi connectivity index (χ0) is 17.2. The van der Waals surface area contributed by atoms with Crippen LogP contribution in [0, 0.1) is 5.82 Å². The summed E-state index contributed by atoms with van der Waals surface area (Å²) < 4.78 is 19.0. The van der Waals surface area contributed by atoms with Crippen LogP contribution in [0.4, 0.5) is 4.39 Å². The Morgan fingerprint density at radius 2 is 2.08 bits per heavy atom.